The molecule has 1 unspecified atom stereocenters. The predicted molar refractivity (Wildman–Crippen MR) is 59.2 cm³/mol. The smallest absolute Gasteiger partial charge is 0.136 e. The minimum Gasteiger partial charge on any atom is -0.299 e. The van der Waals surface area contributed by atoms with Gasteiger partial charge in [-0.25, -0.2) is 0 Å². The summed E-state index contributed by atoms with van der Waals surface area (Å²) >= 11 is 1.97. The SMILES string of the molecule is CCCCSCC1CCCCC1=O. The molecule has 0 aromatic heterocycles. The quantitative estimate of drug-likeness (QED) is 0.634. The van der Waals surface area contributed by atoms with E-state index in [9.17, 15) is 4.79 Å². The maximum Gasteiger partial charge on any atom is 0.136 e. The molecule has 0 spiro atoms. The number of rotatable bonds is 5. The van der Waals surface area contributed by atoms with E-state index >= 15 is 0 Å². The third kappa shape index (κ3) is 4.17. The molecule has 0 radical (unpaired) electrons. The summed E-state index contributed by atoms with van der Waals surface area (Å²) in [7, 11) is 0. The van der Waals surface area contributed by atoms with E-state index in [4.69, 9.17) is 0 Å². The van der Waals surface area contributed by atoms with Gasteiger partial charge in [0.15, 0.2) is 0 Å². The van der Waals surface area contributed by atoms with E-state index < -0.39 is 0 Å². The summed E-state index contributed by atoms with van der Waals surface area (Å²) < 4.78 is 0. The number of Topliss-reactive ketones (excluding diaryl/α,β-unsaturated/α-hetero) is 1. The van der Waals surface area contributed by atoms with Crippen molar-refractivity contribution in [3.63, 3.8) is 0 Å². The van der Waals surface area contributed by atoms with Crippen LogP contribution in [0.5, 0.6) is 0 Å². The summed E-state index contributed by atoms with van der Waals surface area (Å²) in [4.78, 5) is 11.4. The Labute approximate surface area is 85.7 Å². The zero-order chi connectivity index (χ0) is 9.52. The van der Waals surface area contributed by atoms with Crippen molar-refractivity contribution in [2.45, 2.75) is 45.4 Å². The van der Waals surface area contributed by atoms with Crippen molar-refractivity contribution in [1.29, 1.82) is 0 Å². The zero-order valence-electron chi connectivity index (χ0n) is 8.55. The Balaban J connectivity index is 2.08. The van der Waals surface area contributed by atoms with E-state index in [1.165, 1.54) is 25.0 Å². The molecule has 1 atom stereocenters. The average molecular weight is 200 g/mol. The first-order valence-corrected chi connectivity index (χ1v) is 6.60. The van der Waals surface area contributed by atoms with Crippen molar-refractivity contribution < 1.29 is 4.79 Å². The number of ketones is 1. The lowest BCUT2D eigenvalue weighted by atomic mass is 9.89. The van der Waals surface area contributed by atoms with Gasteiger partial charge in [-0.3, -0.25) is 4.79 Å². The molecule has 0 saturated heterocycles. The molecule has 1 rings (SSSR count). The number of hydrogen-bond donors (Lipinski definition) is 0. The van der Waals surface area contributed by atoms with Gasteiger partial charge in [-0.15, -0.1) is 0 Å². The molecule has 0 aliphatic heterocycles. The second-order valence-corrected chi connectivity index (χ2v) is 4.99. The normalized spacial score (nSPS) is 23.5. The highest BCUT2D eigenvalue weighted by atomic mass is 32.2. The Morgan fingerprint density at radius 3 is 3.00 bits per heavy atom. The van der Waals surface area contributed by atoms with Crippen LogP contribution in [0.2, 0.25) is 0 Å². The predicted octanol–water partition coefficient (Wildman–Crippen LogP) is 3.28. The molecule has 1 aliphatic carbocycles. The van der Waals surface area contributed by atoms with Gasteiger partial charge in [-0.05, 0) is 25.0 Å². The highest BCUT2D eigenvalue weighted by molar-refractivity contribution is 7.99. The Morgan fingerprint density at radius 2 is 2.31 bits per heavy atom. The average Bonchev–Trinajstić information content (AvgIpc) is 2.15. The Bertz CT molecular complexity index is 156. The summed E-state index contributed by atoms with van der Waals surface area (Å²) in [5.41, 5.74) is 0. The molecular formula is C11H20OS. The first kappa shape index (κ1) is 11.1. The van der Waals surface area contributed by atoms with Gasteiger partial charge in [-0.1, -0.05) is 19.8 Å². The highest BCUT2D eigenvalue weighted by Gasteiger charge is 2.21. The second kappa shape index (κ2) is 6.47. The number of thioether (sulfide) groups is 1. The van der Waals surface area contributed by atoms with Gasteiger partial charge in [0.05, 0.1) is 0 Å². The molecule has 76 valence electrons. The molecule has 0 aromatic rings. The topological polar surface area (TPSA) is 17.1 Å². The molecule has 0 heterocycles. The van der Waals surface area contributed by atoms with Crippen LogP contribution in [0.25, 0.3) is 0 Å². The monoisotopic (exact) mass is 200 g/mol. The first-order valence-electron chi connectivity index (χ1n) is 5.45. The molecule has 0 N–H and O–H groups in total. The van der Waals surface area contributed by atoms with Crippen molar-refractivity contribution in [1.82, 2.24) is 0 Å². The molecular weight excluding hydrogens is 180 g/mol. The van der Waals surface area contributed by atoms with Gasteiger partial charge in [0.25, 0.3) is 0 Å². The number of carbonyl (C=O) groups excluding carboxylic acids is 1. The Morgan fingerprint density at radius 1 is 1.46 bits per heavy atom. The van der Waals surface area contributed by atoms with Crippen LogP contribution in [0.15, 0.2) is 0 Å². The molecule has 2 heteroatoms. The van der Waals surface area contributed by atoms with Crippen molar-refractivity contribution >= 4 is 17.5 Å². The molecule has 1 aliphatic rings. The molecule has 1 saturated carbocycles. The molecule has 0 aromatic carbocycles. The van der Waals surface area contributed by atoms with Gasteiger partial charge < -0.3 is 0 Å². The summed E-state index contributed by atoms with van der Waals surface area (Å²) in [6.45, 7) is 2.21. The Hall–Kier alpha value is 0.0200. The van der Waals surface area contributed by atoms with E-state index in [0.717, 1.165) is 25.0 Å². The van der Waals surface area contributed by atoms with Crippen LogP contribution in [0, 0.1) is 5.92 Å². The van der Waals surface area contributed by atoms with Crippen molar-refractivity contribution in [2.24, 2.45) is 5.92 Å². The number of carbonyl (C=O) groups is 1. The fraction of sp³-hybridized carbons (Fsp3) is 0.909. The van der Waals surface area contributed by atoms with Crippen molar-refractivity contribution in [3.8, 4) is 0 Å². The summed E-state index contributed by atoms with van der Waals surface area (Å²) in [6.07, 6.45) is 6.97. The van der Waals surface area contributed by atoms with Gasteiger partial charge in [0.2, 0.25) is 0 Å². The molecule has 0 amide bonds. The third-order valence-electron chi connectivity index (χ3n) is 2.64. The van der Waals surface area contributed by atoms with E-state index in [2.05, 4.69) is 6.92 Å². The molecule has 13 heavy (non-hydrogen) atoms. The fourth-order valence-corrected chi connectivity index (χ4v) is 3.00. The minimum absolute atomic E-state index is 0.399. The highest BCUT2D eigenvalue weighted by Crippen LogP contribution is 2.24. The fourth-order valence-electron chi connectivity index (χ4n) is 1.70. The van der Waals surface area contributed by atoms with Gasteiger partial charge >= 0.3 is 0 Å². The number of unbranched alkanes of at least 4 members (excludes halogenated alkanes) is 1. The first-order chi connectivity index (χ1) is 6.34. The van der Waals surface area contributed by atoms with Crippen LogP contribution in [0.1, 0.15) is 45.4 Å². The van der Waals surface area contributed by atoms with E-state index in [-0.39, 0.29) is 0 Å². The van der Waals surface area contributed by atoms with Crippen LogP contribution in [0.3, 0.4) is 0 Å². The maximum atomic E-state index is 11.4. The lowest BCUT2D eigenvalue weighted by Gasteiger charge is -2.19. The van der Waals surface area contributed by atoms with Crippen LogP contribution in [-0.2, 0) is 4.79 Å². The van der Waals surface area contributed by atoms with Gasteiger partial charge in [0.1, 0.15) is 5.78 Å². The van der Waals surface area contributed by atoms with Crippen molar-refractivity contribution in [2.75, 3.05) is 11.5 Å². The van der Waals surface area contributed by atoms with Crippen LogP contribution >= 0.6 is 11.8 Å². The number of hydrogen-bond acceptors (Lipinski definition) is 2. The van der Waals surface area contributed by atoms with Crippen LogP contribution in [0.4, 0.5) is 0 Å². The molecule has 0 bridgehead atoms. The van der Waals surface area contributed by atoms with Crippen LogP contribution < -0.4 is 0 Å². The summed E-state index contributed by atoms with van der Waals surface area (Å²) in [5.74, 6) is 3.24. The minimum atomic E-state index is 0.399. The molecule has 1 fully saturated rings. The third-order valence-corrected chi connectivity index (χ3v) is 3.86. The standard InChI is InChI=1S/C11H20OS/c1-2-3-8-13-9-10-6-4-5-7-11(10)12/h10H,2-9H2,1H3. The van der Waals surface area contributed by atoms with Crippen molar-refractivity contribution in [3.05, 3.63) is 0 Å². The zero-order valence-corrected chi connectivity index (χ0v) is 9.37. The van der Waals surface area contributed by atoms with Crippen LogP contribution in [-0.4, -0.2) is 17.3 Å². The van der Waals surface area contributed by atoms with E-state index in [1.807, 2.05) is 11.8 Å². The van der Waals surface area contributed by atoms with Gasteiger partial charge in [-0.2, -0.15) is 11.8 Å². The Kier molecular flexibility index (Phi) is 5.52. The summed E-state index contributed by atoms with van der Waals surface area (Å²) in [5, 5.41) is 0. The lowest BCUT2D eigenvalue weighted by molar-refractivity contribution is -0.123. The molecule has 1 nitrogen and oxygen atoms in total. The lowest BCUT2D eigenvalue weighted by Crippen LogP contribution is -2.21. The van der Waals surface area contributed by atoms with Gasteiger partial charge in [0, 0.05) is 18.1 Å². The summed E-state index contributed by atoms with van der Waals surface area (Å²) in [6, 6.07) is 0. The maximum absolute atomic E-state index is 11.4. The second-order valence-electron chi connectivity index (χ2n) is 3.84. The van der Waals surface area contributed by atoms with E-state index in [1.54, 1.807) is 0 Å². The largest absolute Gasteiger partial charge is 0.299 e. The van der Waals surface area contributed by atoms with E-state index in [0.29, 0.717) is 11.7 Å².